The Hall–Kier alpha value is -2.80. The molecule has 7 nitrogen and oxygen atoms in total. The number of nitrogens with zero attached hydrogens (tertiary/aromatic N) is 4. The maximum absolute atomic E-state index is 13.4. The Morgan fingerprint density at radius 3 is 2.25 bits per heavy atom. The monoisotopic (exact) mass is 438 g/mol. The van der Waals surface area contributed by atoms with E-state index in [1.807, 2.05) is 54.0 Å². The molecule has 0 radical (unpaired) electrons. The minimum absolute atomic E-state index is 0.0746. The van der Waals surface area contributed by atoms with E-state index < -0.39 is 0 Å². The van der Waals surface area contributed by atoms with Gasteiger partial charge in [-0.25, -0.2) is 0 Å². The summed E-state index contributed by atoms with van der Waals surface area (Å²) in [5.41, 5.74) is 3.74. The molecular weight excluding hydrogens is 404 g/mol. The third kappa shape index (κ3) is 4.67. The average Bonchev–Trinajstić information content (AvgIpc) is 3.37. The number of ether oxygens (including phenoxy) is 1. The van der Waals surface area contributed by atoms with E-state index in [2.05, 4.69) is 9.47 Å². The van der Waals surface area contributed by atoms with Crippen molar-refractivity contribution in [3.8, 4) is 11.4 Å². The number of hydrogen-bond acceptors (Lipinski definition) is 4. The first kappa shape index (κ1) is 22.4. The second-order valence-electron chi connectivity index (χ2n) is 8.83. The summed E-state index contributed by atoms with van der Waals surface area (Å²) in [6.45, 7) is 9.25. The molecule has 0 bridgehead atoms. The van der Waals surface area contributed by atoms with E-state index in [1.54, 1.807) is 7.11 Å². The molecule has 3 heterocycles. The summed E-state index contributed by atoms with van der Waals surface area (Å²) in [7, 11) is 1.66. The van der Waals surface area contributed by atoms with Gasteiger partial charge in [-0.3, -0.25) is 14.5 Å². The molecule has 32 heavy (non-hydrogen) atoms. The fourth-order valence-electron chi connectivity index (χ4n) is 4.87. The Morgan fingerprint density at radius 2 is 1.56 bits per heavy atom. The van der Waals surface area contributed by atoms with Crippen LogP contribution in [0.1, 0.15) is 41.0 Å². The Bertz CT molecular complexity index is 960. The number of hydrogen-bond donors (Lipinski definition) is 0. The zero-order chi connectivity index (χ0) is 22.7. The molecule has 0 saturated carbocycles. The summed E-state index contributed by atoms with van der Waals surface area (Å²) in [4.78, 5) is 32.0. The van der Waals surface area contributed by atoms with Crippen molar-refractivity contribution < 1.29 is 14.3 Å². The number of aromatic nitrogens is 1. The molecule has 2 amide bonds. The van der Waals surface area contributed by atoms with Crippen LogP contribution in [0.4, 0.5) is 0 Å². The van der Waals surface area contributed by atoms with Crippen LogP contribution in [-0.2, 0) is 4.79 Å². The molecule has 0 atom stereocenters. The van der Waals surface area contributed by atoms with E-state index in [4.69, 9.17) is 4.74 Å². The second-order valence-corrected chi connectivity index (χ2v) is 8.83. The van der Waals surface area contributed by atoms with Gasteiger partial charge in [0.1, 0.15) is 5.75 Å². The Balaban J connectivity index is 1.43. The molecule has 4 rings (SSSR count). The number of benzene rings is 1. The van der Waals surface area contributed by atoms with E-state index in [-0.39, 0.29) is 11.8 Å². The minimum Gasteiger partial charge on any atom is -0.497 e. The zero-order valence-corrected chi connectivity index (χ0v) is 19.5. The maximum atomic E-state index is 13.4. The maximum Gasteiger partial charge on any atom is 0.255 e. The number of carbonyl (C=O) groups excluding carboxylic acids is 2. The Labute approximate surface area is 190 Å². The molecule has 0 N–H and O–H groups in total. The van der Waals surface area contributed by atoms with Crippen molar-refractivity contribution in [2.24, 2.45) is 0 Å². The second kappa shape index (κ2) is 9.77. The first-order valence-electron chi connectivity index (χ1n) is 11.6. The Kier molecular flexibility index (Phi) is 6.84. The van der Waals surface area contributed by atoms with Gasteiger partial charge in [-0.05, 0) is 63.4 Å². The van der Waals surface area contributed by atoms with Gasteiger partial charge in [0.15, 0.2) is 0 Å². The van der Waals surface area contributed by atoms with Crippen LogP contribution < -0.4 is 4.74 Å². The van der Waals surface area contributed by atoms with Crippen LogP contribution in [0.5, 0.6) is 5.75 Å². The molecule has 2 fully saturated rings. The number of amides is 2. The summed E-state index contributed by atoms with van der Waals surface area (Å²) in [5.74, 6) is 1.11. The van der Waals surface area contributed by atoms with Gasteiger partial charge >= 0.3 is 0 Å². The lowest BCUT2D eigenvalue weighted by atomic mass is 10.2. The number of aryl methyl sites for hydroxylation is 1. The lowest BCUT2D eigenvalue weighted by Gasteiger charge is -2.24. The van der Waals surface area contributed by atoms with Gasteiger partial charge in [-0.1, -0.05) is 0 Å². The molecule has 0 spiro atoms. The minimum atomic E-state index is 0.0746. The van der Waals surface area contributed by atoms with Crippen LogP contribution in [0.15, 0.2) is 30.3 Å². The zero-order valence-electron chi connectivity index (χ0n) is 19.5. The van der Waals surface area contributed by atoms with Crippen molar-refractivity contribution in [3.05, 3.63) is 47.3 Å². The first-order chi connectivity index (χ1) is 15.5. The molecule has 0 aliphatic carbocycles. The van der Waals surface area contributed by atoms with Crippen molar-refractivity contribution in [1.29, 1.82) is 0 Å². The van der Waals surface area contributed by atoms with Gasteiger partial charge in [-0.15, -0.1) is 0 Å². The topological polar surface area (TPSA) is 58.0 Å². The molecule has 172 valence electrons. The molecule has 2 saturated heterocycles. The number of carbonyl (C=O) groups is 2. The highest BCUT2D eigenvalue weighted by Gasteiger charge is 2.26. The van der Waals surface area contributed by atoms with Crippen LogP contribution in [0.25, 0.3) is 5.69 Å². The summed E-state index contributed by atoms with van der Waals surface area (Å²) < 4.78 is 7.38. The van der Waals surface area contributed by atoms with Crippen molar-refractivity contribution in [2.45, 2.75) is 33.1 Å². The fraction of sp³-hybridized carbons (Fsp3) is 0.520. The standard InChI is InChI=1S/C25H34N4O3/c1-19-17-23(20(2)29(19)21-7-9-22(32-3)10-8-21)25(31)28-14-6-11-26(15-16-28)18-24(30)27-12-4-5-13-27/h7-10,17H,4-6,11-16,18H2,1-3H3. The van der Waals surface area contributed by atoms with Gasteiger partial charge in [0.05, 0.1) is 19.2 Å². The summed E-state index contributed by atoms with van der Waals surface area (Å²) in [5, 5.41) is 0. The van der Waals surface area contributed by atoms with E-state index >= 15 is 0 Å². The quantitative estimate of drug-likeness (QED) is 0.720. The van der Waals surface area contributed by atoms with E-state index in [0.29, 0.717) is 13.1 Å². The van der Waals surface area contributed by atoms with E-state index in [1.165, 1.54) is 0 Å². The highest BCUT2D eigenvalue weighted by molar-refractivity contribution is 5.96. The van der Waals surface area contributed by atoms with E-state index in [9.17, 15) is 9.59 Å². The van der Waals surface area contributed by atoms with Crippen molar-refractivity contribution >= 4 is 11.8 Å². The Morgan fingerprint density at radius 1 is 0.875 bits per heavy atom. The summed E-state index contributed by atoms with van der Waals surface area (Å²) >= 11 is 0. The lowest BCUT2D eigenvalue weighted by Crippen LogP contribution is -2.41. The molecule has 7 heteroatoms. The molecule has 1 aromatic carbocycles. The summed E-state index contributed by atoms with van der Waals surface area (Å²) in [6, 6.07) is 9.87. The molecule has 1 aromatic heterocycles. The summed E-state index contributed by atoms with van der Waals surface area (Å²) in [6.07, 6.45) is 3.11. The highest BCUT2D eigenvalue weighted by Crippen LogP contribution is 2.24. The van der Waals surface area contributed by atoms with Gasteiger partial charge < -0.3 is 19.1 Å². The van der Waals surface area contributed by atoms with Crippen LogP contribution in [0.2, 0.25) is 0 Å². The number of methoxy groups -OCH3 is 1. The van der Waals surface area contributed by atoms with Gasteiger partial charge in [-0.2, -0.15) is 0 Å². The predicted octanol–water partition coefficient (Wildman–Crippen LogP) is 2.87. The van der Waals surface area contributed by atoms with Crippen LogP contribution in [0.3, 0.4) is 0 Å². The predicted molar refractivity (Wildman–Crippen MR) is 125 cm³/mol. The van der Waals surface area contributed by atoms with Crippen LogP contribution in [0, 0.1) is 13.8 Å². The third-order valence-corrected chi connectivity index (χ3v) is 6.69. The molecule has 2 aliphatic heterocycles. The molecular formula is C25H34N4O3. The molecule has 2 aliphatic rings. The van der Waals surface area contributed by atoms with Crippen molar-refractivity contribution in [3.63, 3.8) is 0 Å². The van der Waals surface area contributed by atoms with Crippen LogP contribution >= 0.6 is 0 Å². The smallest absolute Gasteiger partial charge is 0.255 e. The average molecular weight is 439 g/mol. The molecule has 2 aromatic rings. The van der Waals surface area contributed by atoms with Gasteiger partial charge in [0.2, 0.25) is 5.91 Å². The highest BCUT2D eigenvalue weighted by atomic mass is 16.5. The largest absolute Gasteiger partial charge is 0.497 e. The van der Waals surface area contributed by atoms with Crippen LogP contribution in [-0.4, -0.2) is 84.0 Å². The SMILES string of the molecule is COc1ccc(-n2c(C)cc(C(=O)N3CCCN(CC(=O)N4CCCC4)CC3)c2C)cc1. The molecule has 0 unspecified atom stereocenters. The normalized spacial score (nSPS) is 17.5. The number of likely N-dealkylation sites (tertiary alicyclic amines) is 1. The van der Waals surface area contributed by atoms with E-state index in [0.717, 1.165) is 80.4 Å². The number of rotatable bonds is 5. The van der Waals surface area contributed by atoms with Gasteiger partial charge in [0.25, 0.3) is 5.91 Å². The first-order valence-corrected chi connectivity index (χ1v) is 11.6. The third-order valence-electron chi connectivity index (χ3n) is 6.69. The fourth-order valence-corrected chi connectivity index (χ4v) is 4.87. The lowest BCUT2D eigenvalue weighted by molar-refractivity contribution is -0.131. The van der Waals surface area contributed by atoms with Crippen molar-refractivity contribution in [1.82, 2.24) is 19.3 Å². The van der Waals surface area contributed by atoms with Gasteiger partial charge in [0, 0.05) is 56.3 Å². The van der Waals surface area contributed by atoms with Crippen molar-refractivity contribution in [2.75, 3.05) is 52.9 Å².